The van der Waals surface area contributed by atoms with E-state index in [2.05, 4.69) is 6.92 Å². The highest BCUT2D eigenvalue weighted by molar-refractivity contribution is 5.77. The lowest BCUT2D eigenvalue weighted by atomic mass is 10.0. The van der Waals surface area contributed by atoms with Crippen LogP contribution in [0, 0.1) is 0 Å². The number of hydrogen-bond acceptors (Lipinski definition) is 2. The molecule has 2 aromatic rings. The number of aldehydes is 1. The van der Waals surface area contributed by atoms with E-state index in [1.165, 1.54) is 0 Å². The van der Waals surface area contributed by atoms with Crippen molar-refractivity contribution in [2.45, 2.75) is 19.8 Å². The highest BCUT2D eigenvalue weighted by Gasteiger charge is 2.00. The third-order valence-corrected chi connectivity index (χ3v) is 2.98. The van der Waals surface area contributed by atoms with Gasteiger partial charge in [-0.15, -0.1) is 0 Å². The van der Waals surface area contributed by atoms with Crippen molar-refractivity contribution >= 4 is 6.29 Å². The van der Waals surface area contributed by atoms with Crippen molar-refractivity contribution in [2.24, 2.45) is 0 Å². The van der Waals surface area contributed by atoms with Crippen LogP contribution in [0.1, 0.15) is 30.1 Å². The molecule has 0 saturated carbocycles. The van der Waals surface area contributed by atoms with Gasteiger partial charge in [-0.1, -0.05) is 49.7 Å². The van der Waals surface area contributed by atoms with Crippen LogP contribution in [0.25, 0.3) is 11.1 Å². The van der Waals surface area contributed by atoms with Crippen LogP contribution in [-0.2, 0) is 0 Å². The van der Waals surface area contributed by atoms with Crippen LogP contribution < -0.4 is 4.74 Å². The van der Waals surface area contributed by atoms with Crippen LogP contribution in [0.4, 0.5) is 0 Å². The van der Waals surface area contributed by atoms with Gasteiger partial charge in [0.1, 0.15) is 12.0 Å². The third kappa shape index (κ3) is 3.68. The molecule has 2 heteroatoms. The molecule has 0 fully saturated rings. The highest BCUT2D eigenvalue weighted by atomic mass is 16.5. The van der Waals surface area contributed by atoms with Gasteiger partial charge in [-0.3, -0.25) is 4.79 Å². The average Bonchev–Trinajstić information content (AvgIpc) is 2.48. The fraction of sp³-hybridized carbons (Fsp3) is 0.235. The normalized spacial score (nSPS) is 10.2. The van der Waals surface area contributed by atoms with Crippen LogP contribution in [-0.4, -0.2) is 12.9 Å². The Morgan fingerprint density at radius 2 is 1.84 bits per heavy atom. The van der Waals surface area contributed by atoms with Crippen molar-refractivity contribution in [3.63, 3.8) is 0 Å². The van der Waals surface area contributed by atoms with Crippen molar-refractivity contribution in [3.05, 3.63) is 54.1 Å². The Kier molecular flexibility index (Phi) is 4.73. The van der Waals surface area contributed by atoms with Crippen molar-refractivity contribution in [2.75, 3.05) is 6.61 Å². The zero-order valence-electron chi connectivity index (χ0n) is 11.1. The monoisotopic (exact) mass is 254 g/mol. The summed E-state index contributed by atoms with van der Waals surface area (Å²) in [5.74, 6) is 0.894. The number of carbonyl (C=O) groups excluding carboxylic acids is 1. The molecule has 0 amide bonds. The molecule has 0 bridgehead atoms. The van der Waals surface area contributed by atoms with Gasteiger partial charge in [0.05, 0.1) is 6.61 Å². The van der Waals surface area contributed by atoms with Crippen molar-refractivity contribution in [1.29, 1.82) is 0 Å². The van der Waals surface area contributed by atoms with Gasteiger partial charge in [0.25, 0.3) is 0 Å². The van der Waals surface area contributed by atoms with Gasteiger partial charge >= 0.3 is 0 Å². The van der Waals surface area contributed by atoms with Crippen LogP contribution in [0.3, 0.4) is 0 Å². The number of hydrogen-bond donors (Lipinski definition) is 0. The Morgan fingerprint density at radius 3 is 2.53 bits per heavy atom. The van der Waals surface area contributed by atoms with Crippen LogP contribution >= 0.6 is 0 Å². The summed E-state index contributed by atoms with van der Waals surface area (Å²) in [4.78, 5) is 10.6. The van der Waals surface area contributed by atoms with Gasteiger partial charge in [-0.25, -0.2) is 0 Å². The van der Waals surface area contributed by atoms with Crippen LogP contribution in [0.2, 0.25) is 0 Å². The molecule has 0 unspecified atom stereocenters. The summed E-state index contributed by atoms with van der Waals surface area (Å²) in [6.07, 6.45) is 3.05. The molecule has 0 atom stereocenters. The van der Waals surface area contributed by atoms with E-state index in [4.69, 9.17) is 4.74 Å². The lowest BCUT2D eigenvalue weighted by Gasteiger charge is -2.08. The van der Waals surface area contributed by atoms with Crippen LogP contribution in [0.15, 0.2) is 48.5 Å². The maximum Gasteiger partial charge on any atom is 0.150 e. The minimum absolute atomic E-state index is 0.694. The van der Waals surface area contributed by atoms with Crippen LogP contribution in [0.5, 0.6) is 5.75 Å². The molecule has 0 saturated heterocycles. The Morgan fingerprint density at radius 1 is 1.05 bits per heavy atom. The van der Waals surface area contributed by atoms with Crippen molar-refractivity contribution < 1.29 is 9.53 Å². The molecule has 0 aromatic heterocycles. The van der Waals surface area contributed by atoms with Gasteiger partial charge in [0.15, 0.2) is 0 Å². The van der Waals surface area contributed by atoms with E-state index < -0.39 is 0 Å². The first-order valence-electron chi connectivity index (χ1n) is 6.62. The smallest absolute Gasteiger partial charge is 0.150 e. The summed E-state index contributed by atoms with van der Waals surface area (Å²) in [6, 6.07) is 15.6. The zero-order valence-corrected chi connectivity index (χ0v) is 11.1. The van der Waals surface area contributed by atoms with E-state index >= 15 is 0 Å². The number of ether oxygens (including phenoxy) is 1. The molecule has 0 N–H and O–H groups in total. The molecule has 2 nitrogen and oxygen atoms in total. The first-order chi connectivity index (χ1) is 9.33. The number of carbonyl (C=O) groups is 1. The summed E-state index contributed by atoms with van der Waals surface area (Å²) in [6.45, 7) is 2.90. The average molecular weight is 254 g/mol. The molecule has 0 heterocycles. The summed E-state index contributed by atoms with van der Waals surface area (Å²) in [5.41, 5.74) is 2.89. The van der Waals surface area contributed by atoms with E-state index in [-0.39, 0.29) is 0 Å². The molecule has 2 aromatic carbocycles. The number of benzene rings is 2. The first-order valence-corrected chi connectivity index (χ1v) is 6.62. The van der Waals surface area contributed by atoms with Gasteiger partial charge in [-0.05, 0) is 29.7 Å². The molecule has 0 aliphatic rings. The van der Waals surface area contributed by atoms with Gasteiger partial charge < -0.3 is 4.74 Å². The summed E-state index contributed by atoms with van der Waals surface area (Å²) < 4.78 is 5.70. The first kappa shape index (κ1) is 13.3. The minimum atomic E-state index is 0.694. The zero-order chi connectivity index (χ0) is 13.5. The molecule has 2 rings (SSSR count). The highest BCUT2D eigenvalue weighted by Crippen LogP contribution is 2.24. The maximum atomic E-state index is 10.6. The molecule has 98 valence electrons. The summed E-state index contributed by atoms with van der Waals surface area (Å²) in [7, 11) is 0. The SMILES string of the molecule is CCCCOc1cccc(-c2ccc(C=O)cc2)c1. The standard InChI is InChI=1S/C17H18O2/c1-2-3-11-19-17-6-4-5-16(12-17)15-9-7-14(13-18)8-10-15/h4-10,12-13H,2-3,11H2,1H3. The van der Waals surface area contributed by atoms with Gasteiger partial charge in [0, 0.05) is 5.56 Å². The van der Waals surface area contributed by atoms with Gasteiger partial charge in [0.2, 0.25) is 0 Å². The Hall–Kier alpha value is -2.09. The fourth-order valence-electron chi connectivity index (χ4n) is 1.85. The van der Waals surface area contributed by atoms with Crippen molar-refractivity contribution in [1.82, 2.24) is 0 Å². The third-order valence-electron chi connectivity index (χ3n) is 2.98. The molecule has 0 spiro atoms. The Bertz CT molecular complexity index is 529. The predicted octanol–water partition coefficient (Wildman–Crippen LogP) is 4.35. The second-order valence-electron chi connectivity index (χ2n) is 4.47. The Balaban J connectivity index is 2.14. The number of unbranched alkanes of at least 4 members (excludes halogenated alkanes) is 1. The van der Waals surface area contributed by atoms with Crippen molar-refractivity contribution in [3.8, 4) is 16.9 Å². The molecule has 0 aliphatic heterocycles. The molecule has 19 heavy (non-hydrogen) atoms. The molecule has 0 radical (unpaired) electrons. The minimum Gasteiger partial charge on any atom is -0.494 e. The topological polar surface area (TPSA) is 26.3 Å². The Labute approximate surface area is 114 Å². The van der Waals surface area contributed by atoms with E-state index in [0.29, 0.717) is 5.56 Å². The predicted molar refractivity (Wildman–Crippen MR) is 77.7 cm³/mol. The lowest BCUT2D eigenvalue weighted by molar-refractivity contribution is 0.112. The molecular formula is C17H18O2. The molecule has 0 aliphatic carbocycles. The quantitative estimate of drug-likeness (QED) is 0.566. The second kappa shape index (κ2) is 6.74. The van der Waals surface area contributed by atoms with E-state index in [9.17, 15) is 4.79 Å². The van der Waals surface area contributed by atoms with E-state index in [1.54, 1.807) is 0 Å². The number of rotatable bonds is 6. The largest absolute Gasteiger partial charge is 0.494 e. The summed E-state index contributed by atoms with van der Waals surface area (Å²) >= 11 is 0. The second-order valence-corrected chi connectivity index (χ2v) is 4.47. The van der Waals surface area contributed by atoms with Gasteiger partial charge in [-0.2, -0.15) is 0 Å². The van der Waals surface area contributed by atoms with E-state index in [0.717, 1.165) is 42.6 Å². The molecular weight excluding hydrogens is 236 g/mol. The fourth-order valence-corrected chi connectivity index (χ4v) is 1.85. The maximum absolute atomic E-state index is 10.6. The summed E-state index contributed by atoms with van der Waals surface area (Å²) in [5, 5.41) is 0. The lowest BCUT2D eigenvalue weighted by Crippen LogP contribution is -1.96. The van der Waals surface area contributed by atoms with E-state index in [1.807, 2.05) is 48.5 Å².